The van der Waals surface area contributed by atoms with Gasteiger partial charge in [0.25, 0.3) is 5.91 Å². The number of thiazole rings is 2. The lowest BCUT2D eigenvalue weighted by Crippen LogP contribution is -2.58. The van der Waals surface area contributed by atoms with Crippen molar-refractivity contribution >= 4 is 46.4 Å². The number of esters is 1. The molecule has 1 aliphatic heterocycles. The van der Waals surface area contributed by atoms with E-state index in [0.29, 0.717) is 24.4 Å². The largest absolute Gasteiger partial charge is 0.455 e. The second kappa shape index (κ2) is 17.0. The van der Waals surface area contributed by atoms with Gasteiger partial charge in [-0.1, -0.05) is 40.5 Å². The van der Waals surface area contributed by atoms with E-state index in [9.17, 15) is 19.2 Å². The Bertz CT molecular complexity index is 1240. The molecule has 0 bridgehead atoms. The van der Waals surface area contributed by atoms with E-state index < -0.39 is 18.1 Å². The highest BCUT2D eigenvalue weighted by Crippen LogP contribution is 2.31. The van der Waals surface area contributed by atoms with Crippen LogP contribution in [0.1, 0.15) is 94.0 Å². The Morgan fingerprint density at radius 2 is 1.93 bits per heavy atom. The molecule has 2 aromatic heterocycles. The van der Waals surface area contributed by atoms with Crippen LogP contribution in [0.25, 0.3) is 0 Å². The molecule has 1 aliphatic rings. The molecule has 0 saturated carbocycles. The number of piperidine rings is 1. The molecule has 0 aromatic carbocycles. The first-order valence-corrected chi connectivity index (χ1v) is 17.3. The van der Waals surface area contributed by atoms with Crippen LogP contribution in [0.2, 0.25) is 0 Å². The van der Waals surface area contributed by atoms with Gasteiger partial charge < -0.3 is 20.3 Å². The van der Waals surface area contributed by atoms with Gasteiger partial charge in [0.2, 0.25) is 11.8 Å². The Balaban J connectivity index is 1.74. The Morgan fingerprint density at radius 1 is 1.18 bits per heavy atom. The molecule has 5 atom stereocenters. The van der Waals surface area contributed by atoms with E-state index in [4.69, 9.17) is 4.74 Å². The summed E-state index contributed by atoms with van der Waals surface area (Å²) in [5.41, 5.74) is 2.92. The maximum Gasteiger partial charge on any atom is 0.303 e. The van der Waals surface area contributed by atoms with Crippen molar-refractivity contribution in [2.75, 3.05) is 27.2 Å². The number of likely N-dealkylation sites (N-methyl/N-ethyl adjacent to an activating group) is 2. The molecule has 2 aromatic rings. The second-order valence-corrected chi connectivity index (χ2v) is 13.6. The summed E-state index contributed by atoms with van der Waals surface area (Å²) in [5.74, 6) is -1.14. The van der Waals surface area contributed by atoms with Gasteiger partial charge in [0.15, 0.2) is 6.10 Å². The molecule has 0 unspecified atom stereocenters. The Hall–Kier alpha value is -2.90. The molecule has 0 aliphatic carbocycles. The first kappa shape index (κ1) is 35.6. The first-order chi connectivity index (χ1) is 20.9. The van der Waals surface area contributed by atoms with E-state index in [2.05, 4.69) is 25.5 Å². The average Bonchev–Trinajstić information content (AvgIpc) is 3.69. The maximum atomic E-state index is 14.0. The minimum Gasteiger partial charge on any atom is -0.455 e. The van der Waals surface area contributed by atoms with Gasteiger partial charge in [0.1, 0.15) is 16.7 Å². The van der Waals surface area contributed by atoms with Crippen molar-refractivity contribution < 1.29 is 23.9 Å². The predicted molar refractivity (Wildman–Crippen MR) is 172 cm³/mol. The van der Waals surface area contributed by atoms with Crippen LogP contribution in [0.3, 0.4) is 0 Å². The van der Waals surface area contributed by atoms with E-state index in [-0.39, 0.29) is 47.3 Å². The number of rotatable bonds is 15. The number of hydrogen-bond acceptors (Lipinski definition) is 10. The van der Waals surface area contributed by atoms with Gasteiger partial charge in [-0.25, -0.2) is 9.97 Å². The van der Waals surface area contributed by atoms with Gasteiger partial charge in [-0.05, 0) is 38.3 Å². The van der Waals surface area contributed by atoms with Crippen molar-refractivity contribution in [1.29, 1.82) is 0 Å². The maximum absolute atomic E-state index is 14.0. The van der Waals surface area contributed by atoms with Crippen molar-refractivity contribution in [1.82, 2.24) is 30.4 Å². The number of aromatic nitrogens is 2. The standard InChI is InChI=1S/C31H48N6O5S2/c1-8-20(4)27(35-29(40)24-11-9-10-14-36(24)6)31(41)37(7)25(19(2)3)15-26(42-21(5)38)30-34-23(17-44-30)28(39)32-13-12-22-16-43-18-33-22/h16-20,24-27H,8-15H2,1-7H3,(H,32,39)(H,35,40)/t20-,24+,25+,26+,27-/m0/s1. The molecule has 0 radical (unpaired) electrons. The van der Waals surface area contributed by atoms with Crippen molar-refractivity contribution in [3.8, 4) is 0 Å². The minimum atomic E-state index is -0.746. The average molecular weight is 649 g/mol. The van der Waals surface area contributed by atoms with Gasteiger partial charge in [-0.2, -0.15) is 0 Å². The summed E-state index contributed by atoms with van der Waals surface area (Å²) in [6.07, 6.45) is 3.72. The summed E-state index contributed by atoms with van der Waals surface area (Å²) >= 11 is 2.76. The van der Waals surface area contributed by atoms with E-state index >= 15 is 0 Å². The molecule has 44 heavy (non-hydrogen) atoms. The highest BCUT2D eigenvalue weighted by atomic mass is 32.1. The zero-order valence-corrected chi connectivity index (χ0v) is 28.6. The number of likely N-dealkylation sites (tertiary alicyclic amines) is 1. The smallest absolute Gasteiger partial charge is 0.303 e. The van der Waals surface area contributed by atoms with Gasteiger partial charge in [0.05, 0.1) is 17.2 Å². The van der Waals surface area contributed by atoms with Crippen LogP contribution in [-0.2, 0) is 25.5 Å². The summed E-state index contributed by atoms with van der Waals surface area (Å²) in [7, 11) is 3.70. The molecular weight excluding hydrogens is 601 g/mol. The van der Waals surface area contributed by atoms with E-state index in [0.717, 1.165) is 37.9 Å². The lowest BCUT2D eigenvalue weighted by Gasteiger charge is -2.38. The molecule has 244 valence electrons. The third-order valence-corrected chi connectivity index (χ3v) is 9.98. The highest BCUT2D eigenvalue weighted by Gasteiger charge is 2.37. The SMILES string of the molecule is CC[C@H](C)[C@H](NC(=O)[C@H]1CCCCN1C)C(=O)N(C)[C@H](C[C@@H](OC(C)=O)c1nc(C(=O)NCCc2cscn2)cs1)C(C)C. The quantitative estimate of drug-likeness (QED) is 0.276. The highest BCUT2D eigenvalue weighted by molar-refractivity contribution is 7.10. The van der Waals surface area contributed by atoms with Crippen molar-refractivity contribution in [3.63, 3.8) is 0 Å². The monoisotopic (exact) mass is 648 g/mol. The first-order valence-electron chi connectivity index (χ1n) is 15.5. The van der Waals surface area contributed by atoms with Gasteiger partial charge in [-0.3, -0.25) is 24.1 Å². The lowest BCUT2D eigenvalue weighted by molar-refractivity contribution is -0.149. The minimum absolute atomic E-state index is 0.00761. The number of amides is 3. The van der Waals surface area contributed by atoms with Gasteiger partial charge in [-0.15, -0.1) is 22.7 Å². The van der Waals surface area contributed by atoms with Gasteiger partial charge in [0, 0.05) is 50.2 Å². The number of carbonyl (C=O) groups is 4. The topological polar surface area (TPSA) is 134 Å². The molecule has 13 heteroatoms. The zero-order chi connectivity index (χ0) is 32.4. The van der Waals surface area contributed by atoms with E-state index in [1.807, 2.05) is 40.1 Å². The molecule has 0 spiro atoms. The number of ether oxygens (including phenoxy) is 1. The molecule has 11 nitrogen and oxygen atoms in total. The third kappa shape index (κ3) is 9.80. The van der Waals surface area contributed by atoms with Crippen LogP contribution in [0.5, 0.6) is 0 Å². The fraction of sp³-hybridized carbons (Fsp3) is 0.677. The Morgan fingerprint density at radius 3 is 2.55 bits per heavy atom. The number of nitrogens with zero attached hydrogens (tertiary/aromatic N) is 4. The van der Waals surface area contributed by atoms with Gasteiger partial charge >= 0.3 is 5.97 Å². The van der Waals surface area contributed by atoms with Crippen LogP contribution >= 0.6 is 22.7 Å². The molecule has 3 heterocycles. The van der Waals surface area contributed by atoms with Crippen molar-refractivity contribution in [2.45, 2.75) is 97.4 Å². The molecular formula is C31H48N6O5S2. The summed E-state index contributed by atoms with van der Waals surface area (Å²) in [4.78, 5) is 64.8. The number of nitrogens with one attached hydrogen (secondary N) is 2. The van der Waals surface area contributed by atoms with Crippen LogP contribution in [0.4, 0.5) is 0 Å². The normalized spacial score (nSPS) is 18.2. The summed E-state index contributed by atoms with van der Waals surface area (Å²) < 4.78 is 5.71. The Kier molecular flexibility index (Phi) is 13.7. The zero-order valence-electron chi connectivity index (χ0n) is 27.0. The summed E-state index contributed by atoms with van der Waals surface area (Å²) in [6, 6.07) is -1.25. The van der Waals surface area contributed by atoms with Crippen molar-refractivity contribution in [3.05, 3.63) is 32.7 Å². The lowest BCUT2D eigenvalue weighted by atomic mass is 9.92. The molecule has 3 rings (SSSR count). The molecule has 1 saturated heterocycles. The summed E-state index contributed by atoms with van der Waals surface area (Å²) in [5, 5.41) is 10.0. The number of hydrogen-bond donors (Lipinski definition) is 2. The molecule has 3 amide bonds. The fourth-order valence-electron chi connectivity index (χ4n) is 5.51. The van der Waals surface area contributed by atoms with E-state index in [1.165, 1.54) is 29.6 Å². The second-order valence-electron chi connectivity index (χ2n) is 12.0. The Labute approximate surface area is 269 Å². The van der Waals surface area contributed by atoms with Crippen LogP contribution in [0, 0.1) is 11.8 Å². The van der Waals surface area contributed by atoms with Crippen molar-refractivity contribution in [2.24, 2.45) is 11.8 Å². The molecule has 2 N–H and O–H groups in total. The molecule has 1 fully saturated rings. The summed E-state index contributed by atoms with van der Waals surface area (Å²) in [6.45, 7) is 10.6. The van der Waals surface area contributed by atoms with Crippen LogP contribution < -0.4 is 10.6 Å². The van der Waals surface area contributed by atoms with Crippen LogP contribution in [-0.4, -0.2) is 88.8 Å². The van der Waals surface area contributed by atoms with E-state index in [1.54, 1.807) is 22.8 Å². The third-order valence-electron chi connectivity index (χ3n) is 8.41. The number of carbonyl (C=O) groups excluding carboxylic acids is 4. The fourth-order valence-corrected chi connectivity index (χ4v) is 6.95. The predicted octanol–water partition coefficient (Wildman–Crippen LogP) is 4.06. The van der Waals surface area contributed by atoms with Crippen LogP contribution in [0.15, 0.2) is 16.3 Å².